The number of unbranched alkanes of at least 4 members (excludes halogenated alkanes) is 12. The van der Waals surface area contributed by atoms with Gasteiger partial charge in [-0.1, -0.05) is 245 Å². The molecule has 690 valence electrons. The molecule has 0 spiro atoms. The minimum absolute atomic E-state index is 0. The van der Waals surface area contributed by atoms with Gasteiger partial charge in [0.25, 0.3) is 0 Å². The lowest BCUT2D eigenvalue weighted by molar-refractivity contribution is -0.227. The minimum Gasteiger partial charge on any atom is -0.445 e. The molecule has 0 radical (unpaired) electrons. The Morgan fingerprint density at radius 3 is 1.31 bits per heavy atom. The zero-order valence-corrected chi connectivity index (χ0v) is 78.3. The lowest BCUT2D eigenvalue weighted by Gasteiger charge is -2.65. The summed E-state index contributed by atoms with van der Waals surface area (Å²) >= 11 is 0. The Labute approximate surface area is 741 Å². The second kappa shape index (κ2) is 53.5. The molecule has 8 fully saturated rings. The molecule has 0 saturated heterocycles. The van der Waals surface area contributed by atoms with Gasteiger partial charge in [0.05, 0.1) is 36.6 Å². The fourth-order valence-electron chi connectivity index (χ4n) is 26.3. The number of fused-ring (bicyclic) bond motifs is 10. The SMILES string of the molecule is C.CCCCCCCCN(CCCC(C)[C@H]1CC[C@H]2C3[C@H](OCCCN(Cc4ccccc4)Cc4ccccc4)C[C@@H]4C[C@H](OCCCC)CC[C@]4(C)[C@H]3C[C@H](OCCCC)[C@]12C)C(=O)OCc1ccccc1.CCCCCCCCNCCCC(C)[C@H]1CC[C@H]2C3[C@H](OCCCN)C[C@@H]4C[C@H](OCCCN)CC[C@]4(C)[C@H]3C[C@H](OCCCN)[C@]12C. The first-order chi connectivity index (χ1) is 58.5. The predicted octanol–water partition coefficient (Wildman–Crippen LogP) is 24.2. The summed E-state index contributed by atoms with van der Waals surface area (Å²) in [4.78, 5) is 18.4. The zero-order chi connectivity index (χ0) is 85.0. The first-order valence-corrected chi connectivity index (χ1v) is 50.8. The van der Waals surface area contributed by atoms with Crippen LogP contribution in [0.25, 0.3) is 0 Å². The Bertz CT molecular complexity index is 3170. The molecule has 8 aliphatic carbocycles. The first kappa shape index (κ1) is 101. The highest BCUT2D eigenvalue weighted by Gasteiger charge is 2.69. The van der Waals surface area contributed by atoms with Gasteiger partial charge in [-0.25, -0.2) is 4.79 Å². The number of nitrogens with two attached hydrogens (primary N) is 3. The van der Waals surface area contributed by atoms with E-state index in [0.717, 1.165) is 168 Å². The highest BCUT2D eigenvalue weighted by Crippen LogP contribution is 2.72. The van der Waals surface area contributed by atoms with Gasteiger partial charge >= 0.3 is 6.09 Å². The molecular weight excluding hydrogens is 1500 g/mol. The molecule has 7 N–H and O–H groups in total. The molecule has 3 aromatic rings. The maximum Gasteiger partial charge on any atom is 0.410 e. The van der Waals surface area contributed by atoms with Crippen LogP contribution in [0.4, 0.5) is 4.79 Å². The summed E-state index contributed by atoms with van der Waals surface area (Å²) in [5.41, 5.74) is 22.4. The molecule has 8 aliphatic rings. The van der Waals surface area contributed by atoms with Gasteiger partial charge in [-0.15, -0.1) is 0 Å². The number of hydrogen-bond donors (Lipinski definition) is 4. The summed E-state index contributed by atoms with van der Waals surface area (Å²) in [6.45, 7) is 39.0. The number of carbonyl (C=O) groups is 1. The van der Waals surface area contributed by atoms with Crippen molar-refractivity contribution in [3.63, 3.8) is 0 Å². The number of rotatable bonds is 55. The van der Waals surface area contributed by atoms with E-state index in [4.69, 9.17) is 50.4 Å². The van der Waals surface area contributed by atoms with E-state index in [9.17, 15) is 4.79 Å². The molecule has 22 atom stereocenters. The summed E-state index contributed by atoms with van der Waals surface area (Å²) < 4.78 is 47.8. The van der Waals surface area contributed by atoms with Gasteiger partial charge in [0.1, 0.15) is 6.61 Å². The van der Waals surface area contributed by atoms with Gasteiger partial charge < -0.3 is 60.6 Å². The third kappa shape index (κ3) is 28.0. The molecule has 0 aromatic heterocycles. The normalized spacial score (nSPS) is 31.4. The van der Waals surface area contributed by atoms with Crippen molar-refractivity contribution in [3.05, 3.63) is 108 Å². The Morgan fingerprint density at radius 1 is 0.421 bits per heavy atom. The Hall–Kier alpha value is -3.51. The van der Waals surface area contributed by atoms with E-state index in [1.165, 1.54) is 178 Å². The number of hydrogen-bond acceptors (Lipinski definition) is 13. The zero-order valence-electron chi connectivity index (χ0n) is 78.3. The van der Waals surface area contributed by atoms with Crippen molar-refractivity contribution in [2.75, 3.05) is 92.0 Å². The van der Waals surface area contributed by atoms with Crippen molar-refractivity contribution in [1.29, 1.82) is 0 Å². The number of benzene rings is 3. The topological polar surface area (TPSA) is 178 Å². The molecule has 3 aromatic carbocycles. The molecule has 0 heterocycles. The lowest BCUT2D eigenvalue weighted by Crippen LogP contribution is -2.63. The third-order valence-corrected chi connectivity index (χ3v) is 33.1. The van der Waals surface area contributed by atoms with E-state index in [1.807, 2.05) is 35.2 Å². The number of carbonyl (C=O) groups excluding carboxylic acids is 1. The van der Waals surface area contributed by atoms with E-state index < -0.39 is 0 Å². The van der Waals surface area contributed by atoms with Crippen molar-refractivity contribution in [1.82, 2.24) is 15.1 Å². The van der Waals surface area contributed by atoms with Crippen LogP contribution in [0.1, 0.15) is 337 Å². The molecule has 14 nitrogen and oxygen atoms in total. The van der Waals surface area contributed by atoms with E-state index in [1.54, 1.807) is 0 Å². The molecule has 8 saturated carbocycles. The maximum absolute atomic E-state index is 13.7. The number of amides is 1. The molecule has 0 bridgehead atoms. The van der Waals surface area contributed by atoms with E-state index in [2.05, 4.69) is 140 Å². The Kier molecular flexibility index (Phi) is 44.7. The molecule has 0 aliphatic heterocycles. The predicted molar refractivity (Wildman–Crippen MR) is 504 cm³/mol. The fraction of sp³-hybridized carbons (Fsp3) is 0.822. The molecule has 14 heteroatoms. The summed E-state index contributed by atoms with van der Waals surface area (Å²) in [5.74, 6) is 7.33. The van der Waals surface area contributed by atoms with Crippen LogP contribution in [0, 0.1) is 92.7 Å². The molecule has 1 amide bonds. The minimum atomic E-state index is -0.160. The number of ether oxygens (including phenoxy) is 7. The van der Waals surface area contributed by atoms with Crippen molar-refractivity contribution in [3.8, 4) is 0 Å². The third-order valence-electron chi connectivity index (χ3n) is 33.1. The average Bonchev–Trinajstić information content (AvgIpc) is 1.67. The quantitative estimate of drug-likeness (QED) is 0.0393. The monoisotopic (exact) mass is 1680 g/mol. The number of nitrogens with one attached hydrogen (secondary N) is 1. The average molecular weight is 1680 g/mol. The fourth-order valence-corrected chi connectivity index (χ4v) is 26.3. The molecule has 11 rings (SSSR count). The van der Waals surface area contributed by atoms with Gasteiger partial charge in [0.15, 0.2) is 0 Å². The van der Waals surface area contributed by atoms with Crippen LogP contribution < -0.4 is 22.5 Å². The van der Waals surface area contributed by atoms with Crippen molar-refractivity contribution in [2.45, 2.75) is 377 Å². The lowest BCUT2D eigenvalue weighted by atomic mass is 9.43. The van der Waals surface area contributed by atoms with Crippen LogP contribution in [0.15, 0.2) is 91.0 Å². The highest BCUT2D eigenvalue weighted by molar-refractivity contribution is 5.67. The van der Waals surface area contributed by atoms with Crippen molar-refractivity contribution >= 4 is 6.09 Å². The van der Waals surface area contributed by atoms with Crippen molar-refractivity contribution < 1.29 is 38.0 Å². The first-order valence-electron chi connectivity index (χ1n) is 50.8. The van der Waals surface area contributed by atoms with Gasteiger partial charge in [-0.05, 0) is 298 Å². The van der Waals surface area contributed by atoms with Crippen LogP contribution in [0.5, 0.6) is 0 Å². The Morgan fingerprint density at radius 2 is 0.826 bits per heavy atom. The summed E-state index contributed by atoms with van der Waals surface area (Å²) in [5, 5.41) is 3.77. The number of nitrogens with zero attached hydrogens (tertiary/aromatic N) is 2. The van der Waals surface area contributed by atoms with Crippen LogP contribution in [0.2, 0.25) is 0 Å². The largest absolute Gasteiger partial charge is 0.445 e. The highest BCUT2D eigenvalue weighted by atomic mass is 16.6. The van der Waals surface area contributed by atoms with Crippen LogP contribution in [0.3, 0.4) is 0 Å². The van der Waals surface area contributed by atoms with Gasteiger partial charge in [0, 0.05) is 83.2 Å². The van der Waals surface area contributed by atoms with E-state index in [-0.39, 0.29) is 42.0 Å². The molecule has 121 heavy (non-hydrogen) atoms. The van der Waals surface area contributed by atoms with Gasteiger partial charge in [-0.2, -0.15) is 0 Å². The van der Waals surface area contributed by atoms with Crippen molar-refractivity contribution in [2.24, 2.45) is 110 Å². The summed E-state index contributed by atoms with van der Waals surface area (Å²) in [6.07, 6.45) is 47.4. The van der Waals surface area contributed by atoms with E-state index >= 15 is 0 Å². The van der Waals surface area contributed by atoms with Crippen LogP contribution in [-0.4, -0.2) is 145 Å². The van der Waals surface area contributed by atoms with Crippen LogP contribution in [-0.2, 0) is 52.9 Å². The second-order valence-corrected chi connectivity index (χ2v) is 40.8. The van der Waals surface area contributed by atoms with Gasteiger partial charge in [-0.3, -0.25) is 4.90 Å². The summed E-state index contributed by atoms with van der Waals surface area (Å²) in [7, 11) is 0. The standard InChI is InChI=1S/C65H100N2O5.C41H80N4O3.CH4/c1-7-10-13-14-15-25-40-67(63(68)72-50-54-33-23-18-24-34-54)41-26-28-51(4)57-35-36-58-62-59(47-61(65(57,58)6)71-43-12-9-3)64(5)38-37-56(69-42-11-8-2)45-55(64)46-60(62)70-44-27-39-66(48-52-29-19-16-20-30-52)49-53-31-21-17-22-32-53;1-5-6-7-8-9-10-23-45-24-11-15-31(2)34-16-17-35-39-36(30-38(41(34,35)4)48-27-14-22-44)40(3)19-18-33(46-25-12-20-42)28-32(40)29-37(39)47-26-13-21-43;/h16-24,29-34,51,55-62H,7-15,25-28,35-50H2,1-6H3;31-39,45H,5-30,42-44H2,1-4H3;1H4/t51?,55-,56+,57+,58-,59-,60+,61-,62?,64-,65+;31?,32-,33+,34+,35-,36-,37+,38-,39?,40-,41+;/m00./s1. The molecule has 4 unspecified atom stereocenters. The second-order valence-electron chi connectivity index (χ2n) is 40.8. The maximum atomic E-state index is 13.7. The summed E-state index contributed by atoms with van der Waals surface area (Å²) in [6, 6.07) is 32.1. The van der Waals surface area contributed by atoms with E-state index in [0.29, 0.717) is 127 Å². The Balaban J connectivity index is 0.000000295. The van der Waals surface area contributed by atoms with Crippen LogP contribution >= 0.6 is 0 Å². The smallest absolute Gasteiger partial charge is 0.410 e. The van der Waals surface area contributed by atoms with Gasteiger partial charge in [0.2, 0.25) is 0 Å². The molecular formula is C107H184N6O8.